The van der Waals surface area contributed by atoms with Crippen LogP contribution in [0.2, 0.25) is 0 Å². The Hall–Kier alpha value is -1.84. The molecule has 0 heterocycles. The number of ether oxygens (including phenoxy) is 2. The fourth-order valence-electron chi connectivity index (χ4n) is 1.96. The fraction of sp³-hybridized carbons (Fsp3) is 0.333. The van der Waals surface area contributed by atoms with Gasteiger partial charge in [0.25, 0.3) is 0 Å². The predicted octanol–water partition coefficient (Wildman–Crippen LogP) is 3.13. The molecule has 112 valence electrons. The van der Waals surface area contributed by atoms with Gasteiger partial charge in [0.1, 0.15) is 12.4 Å². The number of benzene rings is 2. The lowest BCUT2D eigenvalue weighted by Crippen LogP contribution is -2.08. The molecular weight excluding hydrogens is 264 g/mol. The molecule has 21 heavy (non-hydrogen) atoms. The molecule has 0 aromatic heterocycles. The highest BCUT2D eigenvalue weighted by molar-refractivity contribution is 5.26. The van der Waals surface area contributed by atoms with Crippen molar-refractivity contribution in [1.82, 2.24) is 0 Å². The van der Waals surface area contributed by atoms with Crippen LogP contribution in [-0.2, 0) is 17.8 Å². The Morgan fingerprint density at radius 2 is 1.48 bits per heavy atom. The Labute approximate surface area is 126 Å². The van der Waals surface area contributed by atoms with Gasteiger partial charge in [-0.15, -0.1) is 0 Å². The van der Waals surface area contributed by atoms with Crippen LogP contribution in [0.1, 0.15) is 16.7 Å². The SMILES string of the molecule is Cc1ccc(CCOCCOc2ccc(CO)cc2)cc1. The number of hydrogen-bond donors (Lipinski definition) is 1. The van der Waals surface area contributed by atoms with Crippen molar-refractivity contribution < 1.29 is 14.6 Å². The quantitative estimate of drug-likeness (QED) is 0.758. The topological polar surface area (TPSA) is 38.7 Å². The highest BCUT2D eigenvalue weighted by atomic mass is 16.5. The van der Waals surface area contributed by atoms with Crippen molar-refractivity contribution >= 4 is 0 Å². The first kappa shape index (κ1) is 15.5. The molecule has 0 saturated heterocycles. The van der Waals surface area contributed by atoms with Gasteiger partial charge in [0, 0.05) is 0 Å². The summed E-state index contributed by atoms with van der Waals surface area (Å²) in [5.41, 5.74) is 3.46. The molecule has 0 unspecified atom stereocenters. The normalized spacial score (nSPS) is 10.6. The molecule has 2 aromatic carbocycles. The van der Waals surface area contributed by atoms with Crippen LogP contribution in [0.25, 0.3) is 0 Å². The lowest BCUT2D eigenvalue weighted by atomic mass is 10.1. The molecule has 0 aliphatic carbocycles. The Bertz CT molecular complexity index is 517. The van der Waals surface area contributed by atoms with Crippen LogP contribution < -0.4 is 4.74 Å². The molecule has 0 spiro atoms. The third-order valence-electron chi connectivity index (χ3n) is 3.26. The van der Waals surface area contributed by atoms with Crippen molar-refractivity contribution in [2.75, 3.05) is 19.8 Å². The van der Waals surface area contributed by atoms with E-state index in [0.29, 0.717) is 19.8 Å². The van der Waals surface area contributed by atoms with E-state index < -0.39 is 0 Å². The zero-order chi connectivity index (χ0) is 14.9. The van der Waals surface area contributed by atoms with Crippen molar-refractivity contribution in [3.63, 3.8) is 0 Å². The first-order chi connectivity index (χ1) is 10.3. The number of aliphatic hydroxyl groups is 1. The number of rotatable bonds is 8. The summed E-state index contributed by atoms with van der Waals surface area (Å²) in [6.45, 7) is 3.96. The molecular formula is C18H22O3. The Balaban J connectivity index is 1.58. The second kappa shape index (κ2) is 8.45. The molecule has 1 N–H and O–H groups in total. The Morgan fingerprint density at radius 3 is 2.14 bits per heavy atom. The monoisotopic (exact) mass is 286 g/mol. The standard InChI is InChI=1S/C18H22O3/c1-15-2-4-16(5-3-15)10-11-20-12-13-21-18-8-6-17(14-19)7-9-18/h2-9,19H,10-14H2,1H3. The minimum absolute atomic E-state index is 0.0579. The van der Waals surface area contributed by atoms with Crippen molar-refractivity contribution in [3.05, 3.63) is 65.2 Å². The molecule has 2 rings (SSSR count). The van der Waals surface area contributed by atoms with E-state index >= 15 is 0 Å². The van der Waals surface area contributed by atoms with Gasteiger partial charge >= 0.3 is 0 Å². The van der Waals surface area contributed by atoms with E-state index in [1.807, 2.05) is 24.3 Å². The zero-order valence-corrected chi connectivity index (χ0v) is 12.4. The summed E-state index contributed by atoms with van der Waals surface area (Å²) in [6, 6.07) is 15.9. The van der Waals surface area contributed by atoms with Gasteiger partial charge in [-0.25, -0.2) is 0 Å². The maximum Gasteiger partial charge on any atom is 0.119 e. The van der Waals surface area contributed by atoms with Crippen LogP contribution in [-0.4, -0.2) is 24.9 Å². The fourth-order valence-corrected chi connectivity index (χ4v) is 1.96. The molecule has 0 aliphatic heterocycles. The minimum Gasteiger partial charge on any atom is -0.491 e. The number of aliphatic hydroxyl groups excluding tert-OH is 1. The first-order valence-corrected chi connectivity index (χ1v) is 7.24. The van der Waals surface area contributed by atoms with Crippen molar-refractivity contribution in [2.24, 2.45) is 0 Å². The molecule has 0 radical (unpaired) electrons. The second-order valence-corrected chi connectivity index (χ2v) is 5.00. The predicted molar refractivity (Wildman–Crippen MR) is 83.6 cm³/mol. The van der Waals surface area contributed by atoms with Crippen LogP contribution in [0.4, 0.5) is 0 Å². The minimum atomic E-state index is 0.0579. The highest BCUT2D eigenvalue weighted by Crippen LogP contribution is 2.11. The van der Waals surface area contributed by atoms with E-state index in [-0.39, 0.29) is 6.61 Å². The molecule has 0 bridgehead atoms. The van der Waals surface area contributed by atoms with Gasteiger partial charge in [0.2, 0.25) is 0 Å². The average Bonchev–Trinajstić information content (AvgIpc) is 2.53. The van der Waals surface area contributed by atoms with Crippen LogP contribution >= 0.6 is 0 Å². The van der Waals surface area contributed by atoms with Gasteiger partial charge in [-0.05, 0) is 36.6 Å². The molecule has 0 aliphatic rings. The lowest BCUT2D eigenvalue weighted by molar-refractivity contribution is 0.102. The maximum absolute atomic E-state index is 8.95. The summed E-state index contributed by atoms with van der Waals surface area (Å²) in [4.78, 5) is 0. The third-order valence-corrected chi connectivity index (χ3v) is 3.26. The average molecular weight is 286 g/mol. The van der Waals surface area contributed by atoms with Gasteiger partial charge in [-0.3, -0.25) is 0 Å². The van der Waals surface area contributed by atoms with Gasteiger partial charge in [0.05, 0.1) is 19.8 Å². The molecule has 0 atom stereocenters. The van der Waals surface area contributed by atoms with Gasteiger partial charge in [-0.1, -0.05) is 42.0 Å². The smallest absolute Gasteiger partial charge is 0.119 e. The summed E-state index contributed by atoms with van der Waals surface area (Å²) in [5.74, 6) is 0.800. The Morgan fingerprint density at radius 1 is 0.810 bits per heavy atom. The van der Waals surface area contributed by atoms with Gasteiger partial charge < -0.3 is 14.6 Å². The van der Waals surface area contributed by atoms with Crippen LogP contribution in [0, 0.1) is 6.92 Å². The molecule has 0 saturated carbocycles. The lowest BCUT2D eigenvalue weighted by Gasteiger charge is -2.08. The summed E-state index contributed by atoms with van der Waals surface area (Å²) >= 11 is 0. The molecule has 2 aromatic rings. The van der Waals surface area contributed by atoms with Crippen molar-refractivity contribution in [1.29, 1.82) is 0 Å². The number of hydrogen-bond acceptors (Lipinski definition) is 3. The Kier molecular flexibility index (Phi) is 6.25. The second-order valence-electron chi connectivity index (χ2n) is 5.00. The van der Waals surface area contributed by atoms with E-state index in [0.717, 1.165) is 17.7 Å². The zero-order valence-electron chi connectivity index (χ0n) is 12.4. The highest BCUT2D eigenvalue weighted by Gasteiger charge is 1.96. The van der Waals surface area contributed by atoms with Crippen LogP contribution in [0.15, 0.2) is 48.5 Å². The summed E-state index contributed by atoms with van der Waals surface area (Å²) in [7, 11) is 0. The summed E-state index contributed by atoms with van der Waals surface area (Å²) in [6.07, 6.45) is 0.922. The number of aryl methyl sites for hydroxylation is 1. The van der Waals surface area contributed by atoms with Crippen LogP contribution in [0.3, 0.4) is 0 Å². The molecule has 0 amide bonds. The third kappa shape index (κ3) is 5.58. The maximum atomic E-state index is 8.95. The van der Waals surface area contributed by atoms with E-state index in [2.05, 4.69) is 31.2 Å². The van der Waals surface area contributed by atoms with E-state index in [9.17, 15) is 0 Å². The van der Waals surface area contributed by atoms with E-state index in [4.69, 9.17) is 14.6 Å². The summed E-state index contributed by atoms with van der Waals surface area (Å²) in [5, 5.41) is 8.95. The van der Waals surface area contributed by atoms with E-state index in [1.165, 1.54) is 11.1 Å². The largest absolute Gasteiger partial charge is 0.491 e. The van der Waals surface area contributed by atoms with E-state index in [1.54, 1.807) is 0 Å². The van der Waals surface area contributed by atoms with Gasteiger partial charge in [-0.2, -0.15) is 0 Å². The molecule has 3 heteroatoms. The van der Waals surface area contributed by atoms with Crippen molar-refractivity contribution in [2.45, 2.75) is 20.0 Å². The molecule has 3 nitrogen and oxygen atoms in total. The summed E-state index contributed by atoms with van der Waals surface area (Å²) < 4.78 is 11.1. The van der Waals surface area contributed by atoms with Gasteiger partial charge in [0.15, 0.2) is 0 Å². The van der Waals surface area contributed by atoms with Crippen LogP contribution in [0.5, 0.6) is 5.75 Å². The first-order valence-electron chi connectivity index (χ1n) is 7.24. The molecule has 0 fully saturated rings. The van der Waals surface area contributed by atoms with Crippen molar-refractivity contribution in [3.8, 4) is 5.75 Å².